The van der Waals surface area contributed by atoms with Gasteiger partial charge in [-0.25, -0.2) is 0 Å². The smallest absolute Gasteiger partial charge is 0.118 e. The number of hydrogen-bond donors (Lipinski definition) is 1. The highest BCUT2D eigenvalue weighted by Crippen LogP contribution is 2.22. The molecule has 1 aliphatic rings. The molecule has 0 spiro atoms. The number of ether oxygens (including phenoxy) is 1. The normalized spacial score (nSPS) is 24.2. The van der Waals surface area contributed by atoms with Crippen molar-refractivity contribution < 1.29 is 9.15 Å². The molecule has 0 bridgehead atoms. The fraction of sp³-hybridized carbons (Fsp3) is 0.750. The first-order valence-corrected chi connectivity index (χ1v) is 7.68. The predicted molar refractivity (Wildman–Crippen MR) is 80.7 cm³/mol. The number of rotatable bonds is 6. The lowest BCUT2D eigenvalue weighted by Crippen LogP contribution is -2.43. The van der Waals surface area contributed by atoms with E-state index in [-0.39, 0.29) is 0 Å². The van der Waals surface area contributed by atoms with Crippen LogP contribution in [0.25, 0.3) is 0 Å². The first kappa shape index (κ1) is 15.5. The number of nitrogens with one attached hydrogen (secondary N) is 1. The molecule has 2 heterocycles. The van der Waals surface area contributed by atoms with Gasteiger partial charge in [0.1, 0.15) is 11.5 Å². The largest absolute Gasteiger partial charge is 0.465 e. The highest BCUT2D eigenvalue weighted by atomic mass is 16.5. The molecule has 1 aromatic rings. The van der Waals surface area contributed by atoms with Crippen LogP contribution in [0.4, 0.5) is 0 Å². The number of methoxy groups -OCH3 is 1. The van der Waals surface area contributed by atoms with Crippen LogP contribution in [-0.2, 0) is 17.8 Å². The van der Waals surface area contributed by atoms with Gasteiger partial charge >= 0.3 is 0 Å². The van der Waals surface area contributed by atoms with Crippen LogP contribution in [0.15, 0.2) is 10.5 Å². The average Bonchev–Trinajstić information content (AvgIpc) is 2.78. The third-order valence-electron chi connectivity index (χ3n) is 4.29. The molecule has 2 unspecified atom stereocenters. The summed E-state index contributed by atoms with van der Waals surface area (Å²) in [6.07, 6.45) is 1.55. The van der Waals surface area contributed by atoms with Crippen molar-refractivity contribution in [1.82, 2.24) is 10.2 Å². The molecule has 1 N–H and O–H groups in total. The molecule has 1 aliphatic heterocycles. The second-order valence-corrected chi connectivity index (χ2v) is 5.85. The van der Waals surface area contributed by atoms with Gasteiger partial charge in [0.05, 0.1) is 12.6 Å². The van der Waals surface area contributed by atoms with E-state index >= 15 is 0 Å². The standard InChI is InChI=1S/C16H28N2O2/c1-5-17-9-14-8-15(20-13(14)3)10-18-7-6-12(2)16(11-18)19-4/h8,12,16-17H,5-7,9-11H2,1-4H3. The van der Waals surface area contributed by atoms with Gasteiger partial charge in [0.2, 0.25) is 0 Å². The first-order valence-electron chi connectivity index (χ1n) is 7.68. The minimum atomic E-state index is 0.348. The van der Waals surface area contributed by atoms with Crippen LogP contribution in [0.1, 0.15) is 37.4 Å². The number of furan rings is 1. The molecule has 0 radical (unpaired) electrons. The van der Waals surface area contributed by atoms with Gasteiger partial charge in [-0.05, 0) is 38.4 Å². The second-order valence-electron chi connectivity index (χ2n) is 5.85. The van der Waals surface area contributed by atoms with Crippen molar-refractivity contribution in [3.63, 3.8) is 0 Å². The van der Waals surface area contributed by atoms with Crippen molar-refractivity contribution in [3.8, 4) is 0 Å². The molecular weight excluding hydrogens is 252 g/mol. The molecule has 114 valence electrons. The van der Waals surface area contributed by atoms with E-state index in [0.717, 1.165) is 44.2 Å². The molecule has 2 atom stereocenters. The van der Waals surface area contributed by atoms with E-state index in [0.29, 0.717) is 12.0 Å². The molecule has 4 nitrogen and oxygen atoms in total. The zero-order chi connectivity index (χ0) is 14.5. The van der Waals surface area contributed by atoms with Crippen LogP contribution in [0, 0.1) is 12.8 Å². The van der Waals surface area contributed by atoms with Crippen LogP contribution in [0.3, 0.4) is 0 Å². The highest BCUT2D eigenvalue weighted by Gasteiger charge is 2.26. The van der Waals surface area contributed by atoms with Crippen LogP contribution < -0.4 is 5.32 Å². The maximum atomic E-state index is 5.89. The summed E-state index contributed by atoms with van der Waals surface area (Å²) in [5, 5.41) is 3.35. The Kier molecular flexibility index (Phi) is 5.64. The zero-order valence-electron chi connectivity index (χ0n) is 13.2. The molecule has 4 heteroatoms. The second kappa shape index (κ2) is 7.25. The quantitative estimate of drug-likeness (QED) is 0.869. The Balaban J connectivity index is 1.93. The van der Waals surface area contributed by atoms with E-state index in [1.165, 1.54) is 12.0 Å². The maximum absolute atomic E-state index is 5.89. The van der Waals surface area contributed by atoms with E-state index < -0.39 is 0 Å². The van der Waals surface area contributed by atoms with Crippen molar-refractivity contribution in [2.75, 3.05) is 26.7 Å². The summed E-state index contributed by atoms with van der Waals surface area (Å²) < 4.78 is 11.5. The van der Waals surface area contributed by atoms with Crippen molar-refractivity contribution >= 4 is 0 Å². The fourth-order valence-electron chi connectivity index (χ4n) is 2.87. The van der Waals surface area contributed by atoms with Crippen molar-refractivity contribution in [2.45, 2.75) is 46.4 Å². The van der Waals surface area contributed by atoms with Crippen LogP contribution >= 0.6 is 0 Å². The van der Waals surface area contributed by atoms with Crippen molar-refractivity contribution in [1.29, 1.82) is 0 Å². The summed E-state index contributed by atoms with van der Waals surface area (Å²) in [4.78, 5) is 2.43. The van der Waals surface area contributed by atoms with Crippen LogP contribution in [0.2, 0.25) is 0 Å². The molecule has 0 aromatic carbocycles. The van der Waals surface area contributed by atoms with Crippen LogP contribution in [-0.4, -0.2) is 37.7 Å². The summed E-state index contributed by atoms with van der Waals surface area (Å²) in [6, 6.07) is 2.19. The van der Waals surface area contributed by atoms with Gasteiger partial charge in [0.15, 0.2) is 0 Å². The van der Waals surface area contributed by atoms with Gasteiger partial charge in [0, 0.05) is 25.8 Å². The molecular formula is C16H28N2O2. The van der Waals surface area contributed by atoms with E-state index in [1.807, 2.05) is 14.0 Å². The number of hydrogen-bond acceptors (Lipinski definition) is 4. The van der Waals surface area contributed by atoms with E-state index in [2.05, 4.69) is 30.1 Å². The van der Waals surface area contributed by atoms with E-state index in [1.54, 1.807) is 0 Å². The number of aryl methyl sites for hydroxylation is 1. The van der Waals surface area contributed by atoms with E-state index in [9.17, 15) is 0 Å². The fourth-order valence-corrected chi connectivity index (χ4v) is 2.87. The number of likely N-dealkylation sites (tertiary alicyclic amines) is 1. The molecule has 0 amide bonds. The molecule has 1 fully saturated rings. The highest BCUT2D eigenvalue weighted by molar-refractivity contribution is 5.20. The molecule has 1 saturated heterocycles. The number of piperidine rings is 1. The lowest BCUT2D eigenvalue weighted by Gasteiger charge is -2.35. The Morgan fingerprint density at radius 3 is 3.00 bits per heavy atom. The Morgan fingerprint density at radius 2 is 2.30 bits per heavy atom. The van der Waals surface area contributed by atoms with Gasteiger partial charge in [-0.1, -0.05) is 13.8 Å². The summed E-state index contributed by atoms with van der Waals surface area (Å²) in [7, 11) is 1.82. The average molecular weight is 280 g/mol. The summed E-state index contributed by atoms with van der Waals surface area (Å²) in [5.41, 5.74) is 1.27. The Labute approximate surface area is 122 Å². The minimum Gasteiger partial charge on any atom is -0.465 e. The van der Waals surface area contributed by atoms with E-state index in [4.69, 9.17) is 9.15 Å². The molecule has 1 aromatic heterocycles. The van der Waals surface area contributed by atoms with Crippen molar-refractivity contribution in [2.24, 2.45) is 5.92 Å². The Hall–Kier alpha value is -0.840. The lowest BCUT2D eigenvalue weighted by molar-refractivity contribution is -0.00921. The Morgan fingerprint density at radius 1 is 1.50 bits per heavy atom. The topological polar surface area (TPSA) is 37.6 Å². The van der Waals surface area contributed by atoms with Gasteiger partial charge in [-0.2, -0.15) is 0 Å². The number of nitrogens with zero attached hydrogens (tertiary/aromatic N) is 1. The molecule has 2 rings (SSSR count). The lowest BCUT2D eigenvalue weighted by atomic mass is 9.96. The molecule has 20 heavy (non-hydrogen) atoms. The SMILES string of the molecule is CCNCc1cc(CN2CCC(C)C(OC)C2)oc1C. The zero-order valence-corrected chi connectivity index (χ0v) is 13.2. The minimum absolute atomic E-state index is 0.348. The Bertz CT molecular complexity index is 417. The van der Waals surface area contributed by atoms with Crippen molar-refractivity contribution in [3.05, 3.63) is 23.2 Å². The third kappa shape index (κ3) is 3.84. The van der Waals surface area contributed by atoms with Gasteiger partial charge in [-0.15, -0.1) is 0 Å². The maximum Gasteiger partial charge on any atom is 0.118 e. The summed E-state index contributed by atoms with van der Waals surface area (Å²) in [6.45, 7) is 11.3. The molecule has 0 aliphatic carbocycles. The third-order valence-corrected chi connectivity index (χ3v) is 4.29. The predicted octanol–water partition coefficient (Wildman–Crippen LogP) is 2.55. The monoisotopic (exact) mass is 280 g/mol. The first-order chi connectivity index (χ1) is 9.63. The summed E-state index contributed by atoms with van der Waals surface area (Å²) >= 11 is 0. The van der Waals surface area contributed by atoms with Gasteiger partial charge in [-0.3, -0.25) is 4.90 Å². The van der Waals surface area contributed by atoms with Gasteiger partial charge in [0.25, 0.3) is 0 Å². The van der Waals surface area contributed by atoms with Crippen LogP contribution in [0.5, 0.6) is 0 Å². The summed E-state index contributed by atoms with van der Waals surface area (Å²) in [5.74, 6) is 2.76. The molecule has 0 saturated carbocycles. The van der Waals surface area contributed by atoms with Gasteiger partial charge < -0.3 is 14.5 Å².